The summed E-state index contributed by atoms with van der Waals surface area (Å²) in [6.07, 6.45) is 2.99. The lowest BCUT2D eigenvalue weighted by Gasteiger charge is -2.06. The molecular weight excluding hydrogens is 498 g/mol. The number of anilines is 1. The molecule has 1 aromatic carbocycles. The largest absolute Gasteiger partial charge is 0.487 e. The first-order valence-corrected chi connectivity index (χ1v) is 12.8. The Bertz CT molecular complexity index is 1510. The number of nitrogens with zero attached hydrogens (tertiary/aromatic N) is 6. The molecule has 1 N–H and O–H groups in total. The third kappa shape index (κ3) is 6.18. The van der Waals surface area contributed by atoms with E-state index in [2.05, 4.69) is 39.4 Å². The molecule has 36 heavy (non-hydrogen) atoms. The van der Waals surface area contributed by atoms with Gasteiger partial charge in [0.15, 0.2) is 0 Å². The van der Waals surface area contributed by atoms with Crippen LogP contribution in [-0.4, -0.2) is 30.7 Å². The average molecular weight is 522 g/mol. The summed E-state index contributed by atoms with van der Waals surface area (Å²) < 4.78 is 7.06. The Labute approximate surface area is 214 Å². The zero-order valence-corrected chi connectivity index (χ0v) is 21.5. The van der Waals surface area contributed by atoms with E-state index < -0.39 is 5.91 Å². The number of benzene rings is 1. The van der Waals surface area contributed by atoms with E-state index in [4.69, 9.17) is 4.74 Å². The average Bonchev–Trinajstić information content (AvgIpc) is 3.48. The number of hydrogen-bond acceptors (Lipinski definition) is 10. The predicted molar refractivity (Wildman–Crippen MR) is 138 cm³/mol. The van der Waals surface area contributed by atoms with Gasteiger partial charge < -0.3 is 4.74 Å². The molecule has 0 saturated heterocycles. The van der Waals surface area contributed by atoms with E-state index in [0.717, 1.165) is 22.9 Å². The molecule has 0 aliphatic heterocycles. The summed E-state index contributed by atoms with van der Waals surface area (Å²) in [5, 5.41) is 26.4. The quantitative estimate of drug-likeness (QED) is 0.259. The van der Waals surface area contributed by atoms with Crippen LogP contribution in [0.5, 0.6) is 5.75 Å². The maximum absolute atomic E-state index is 12.5. The molecule has 4 rings (SSSR count). The van der Waals surface area contributed by atoms with Gasteiger partial charge in [-0.05, 0) is 36.1 Å². The summed E-state index contributed by atoms with van der Waals surface area (Å²) in [6, 6.07) is 10.2. The minimum atomic E-state index is -0.549. The first kappa shape index (κ1) is 25.2. The number of carbonyl (C=O) groups excluding carboxylic acids is 1. The summed E-state index contributed by atoms with van der Waals surface area (Å²) in [5.74, 6) is 0.438. The number of nitrogens with one attached hydrogen (secondary N) is 1. The molecule has 12 heteroatoms. The summed E-state index contributed by atoms with van der Waals surface area (Å²) in [5.41, 5.74) is 0.855. The predicted octanol–water partition coefficient (Wildman–Crippen LogP) is 3.89. The van der Waals surface area contributed by atoms with Gasteiger partial charge in [-0.25, -0.2) is 4.98 Å². The van der Waals surface area contributed by atoms with Gasteiger partial charge in [-0.3, -0.25) is 14.9 Å². The molecule has 1 amide bonds. The topological polar surface area (TPSA) is 135 Å². The molecule has 0 atom stereocenters. The molecule has 0 aliphatic rings. The van der Waals surface area contributed by atoms with Gasteiger partial charge in [-0.1, -0.05) is 55.6 Å². The zero-order valence-electron chi connectivity index (χ0n) is 19.9. The second-order valence-electron chi connectivity index (χ2n) is 8.21. The lowest BCUT2D eigenvalue weighted by Crippen LogP contribution is -2.16. The summed E-state index contributed by atoms with van der Waals surface area (Å²) in [7, 11) is 0. The number of nitriles is 1. The maximum Gasteiger partial charge on any atom is 0.275 e. The van der Waals surface area contributed by atoms with E-state index in [1.165, 1.54) is 39.3 Å². The molecule has 184 valence electrons. The van der Waals surface area contributed by atoms with E-state index in [0.29, 0.717) is 33.0 Å². The molecule has 0 fully saturated rings. The van der Waals surface area contributed by atoms with Crippen molar-refractivity contribution in [2.45, 2.75) is 40.2 Å². The van der Waals surface area contributed by atoms with Gasteiger partial charge in [0.2, 0.25) is 10.1 Å². The van der Waals surface area contributed by atoms with Gasteiger partial charge in [0, 0.05) is 12.5 Å². The van der Waals surface area contributed by atoms with E-state index in [1.807, 2.05) is 13.0 Å². The number of rotatable bonds is 9. The van der Waals surface area contributed by atoms with Crippen LogP contribution in [-0.2, 0) is 24.2 Å². The first-order chi connectivity index (χ1) is 17.3. The number of aromatic nitrogens is 5. The molecule has 0 saturated carbocycles. The highest BCUT2D eigenvalue weighted by molar-refractivity contribution is 7.16. The van der Waals surface area contributed by atoms with Crippen LogP contribution in [0.4, 0.5) is 5.13 Å². The Morgan fingerprint density at radius 1 is 1.22 bits per heavy atom. The highest BCUT2D eigenvalue weighted by atomic mass is 32.1. The SMILES string of the molecule is CCc1nn2c(=O)cc(COc3ccc(/C=C(/C#N)C(=O)Nc4nnc(CC(C)C)s4)cc3)nc2s1. The minimum Gasteiger partial charge on any atom is -0.487 e. The molecule has 3 aromatic heterocycles. The fourth-order valence-corrected chi connectivity index (χ4v) is 4.95. The molecule has 0 spiro atoms. The summed E-state index contributed by atoms with van der Waals surface area (Å²) >= 11 is 2.67. The van der Waals surface area contributed by atoms with Crippen molar-refractivity contribution in [2.24, 2.45) is 5.92 Å². The van der Waals surface area contributed by atoms with Crippen LogP contribution >= 0.6 is 22.7 Å². The fourth-order valence-electron chi connectivity index (χ4n) is 3.15. The number of hydrogen-bond donors (Lipinski definition) is 1. The van der Waals surface area contributed by atoms with Crippen molar-refractivity contribution in [3.05, 3.63) is 67.5 Å². The van der Waals surface area contributed by atoms with Crippen molar-refractivity contribution in [1.29, 1.82) is 5.26 Å². The number of amides is 1. The van der Waals surface area contributed by atoms with Gasteiger partial charge in [-0.2, -0.15) is 14.9 Å². The molecule has 0 aliphatic carbocycles. The molecule has 0 radical (unpaired) electrons. The van der Waals surface area contributed by atoms with Gasteiger partial charge in [-0.15, -0.1) is 10.2 Å². The van der Waals surface area contributed by atoms with Crippen LogP contribution in [0.3, 0.4) is 0 Å². The van der Waals surface area contributed by atoms with Gasteiger partial charge >= 0.3 is 0 Å². The smallest absolute Gasteiger partial charge is 0.275 e. The summed E-state index contributed by atoms with van der Waals surface area (Å²) in [4.78, 5) is 29.8. The van der Waals surface area contributed by atoms with Crippen molar-refractivity contribution in [3.63, 3.8) is 0 Å². The second-order valence-corrected chi connectivity index (χ2v) is 10.3. The van der Waals surface area contributed by atoms with Crippen LogP contribution in [0.1, 0.15) is 42.0 Å². The molecule has 4 aromatic rings. The maximum atomic E-state index is 12.5. The van der Waals surface area contributed by atoms with E-state index in [1.54, 1.807) is 24.3 Å². The van der Waals surface area contributed by atoms with Crippen LogP contribution in [0.2, 0.25) is 0 Å². The van der Waals surface area contributed by atoms with Crippen molar-refractivity contribution >= 4 is 44.7 Å². The third-order valence-corrected chi connectivity index (χ3v) is 6.77. The van der Waals surface area contributed by atoms with Crippen molar-refractivity contribution in [1.82, 2.24) is 24.8 Å². The molecule has 10 nitrogen and oxygen atoms in total. The van der Waals surface area contributed by atoms with Crippen LogP contribution in [0.15, 0.2) is 40.7 Å². The number of aryl methyl sites for hydroxylation is 1. The summed E-state index contributed by atoms with van der Waals surface area (Å²) in [6.45, 7) is 6.24. The van der Waals surface area contributed by atoms with Crippen molar-refractivity contribution in [2.75, 3.05) is 5.32 Å². The Kier molecular flexibility index (Phi) is 7.82. The fraction of sp³-hybridized carbons (Fsp3) is 0.292. The highest BCUT2D eigenvalue weighted by Crippen LogP contribution is 2.20. The standard InChI is InChI=1S/C24H23N7O3S2/c1-4-19-30-31-21(32)11-17(26-24(31)36-19)13-34-18-7-5-15(6-8-18)10-16(12-25)22(33)27-23-29-28-20(35-23)9-14(2)3/h5-8,10-11,14H,4,9,13H2,1-3H3,(H,27,29,33)/b16-10-. The van der Waals surface area contributed by atoms with E-state index >= 15 is 0 Å². The second kappa shape index (κ2) is 11.2. The molecule has 0 unspecified atom stereocenters. The lowest BCUT2D eigenvalue weighted by molar-refractivity contribution is -0.112. The van der Waals surface area contributed by atoms with Gasteiger partial charge in [0.05, 0.1) is 5.69 Å². The minimum absolute atomic E-state index is 0.0572. The Hall–Kier alpha value is -3.95. The Morgan fingerprint density at radius 2 is 2.00 bits per heavy atom. The third-order valence-electron chi connectivity index (χ3n) is 4.86. The molecule has 0 bridgehead atoms. The normalized spacial score (nSPS) is 11.6. The van der Waals surface area contributed by atoms with E-state index in [-0.39, 0.29) is 17.7 Å². The van der Waals surface area contributed by atoms with E-state index in [9.17, 15) is 14.9 Å². The zero-order chi connectivity index (χ0) is 25.7. The first-order valence-electron chi connectivity index (χ1n) is 11.2. The van der Waals surface area contributed by atoms with Crippen molar-refractivity contribution < 1.29 is 9.53 Å². The van der Waals surface area contributed by atoms with Crippen molar-refractivity contribution in [3.8, 4) is 11.8 Å². The Balaban J connectivity index is 1.39. The number of fused-ring (bicyclic) bond motifs is 1. The Morgan fingerprint density at radius 3 is 2.69 bits per heavy atom. The monoisotopic (exact) mass is 521 g/mol. The highest BCUT2D eigenvalue weighted by Gasteiger charge is 2.14. The van der Waals surface area contributed by atoms with Gasteiger partial charge in [0.25, 0.3) is 11.5 Å². The van der Waals surface area contributed by atoms with Gasteiger partial charge in [0.1, 0.15) is 34.0 Å². The van der Waals surface area contributed by atoms with Crippen LogP contribution in [0, 0.1) is 17.2 Å². The lowest BCUT2D eigenvalue weighted by atomic mass is 10.1. The van der Waals surface area contributed by atoms with Crippen LogP contribution < -0.4 is 15.6 Å². The number of carbonyl (C=O) groups is 1. The number of ether oxygens (including phenoxy) is 1. The molecule has 3 heterocycles. The van der Waals surface area contributed by atoms with Crippen LogP contribution in [0.25, 0.3) is 11.0 Å². The molecular formula is C24H23N7O3S2.